The number of carbonyl (C=O) groups is 1. The van der Waals surface area contributed by atoms with Crippen LogP contribution in [0.3, 0.4) is 0 Å². The Kier molecular flexibility index (Phi) is 1.92. The summed E-state index contributed by atoms with van der Waals surface area (Å²) in [6.07, 6.45) is 1.90. The largest absolute Gasteiger partial charge is 0.382 e. The van der Waals surface area contributed by atoms with Crippen molar-refractivity contribution in [3.8, 4) is 0 Å². The molecule has 0 amide bonds. The van der Waals surface area contributed by atoms with Crippen LogP contribution in [0.15, 0.2) is 0 Å². The van der Waals surface area contributed by atoms with Crippen LogP contribution in [0.25, 0.3) is 0 Å². The Bertz CT molecular complexity index is 354. The summed E-state index contributed by atoms with van der Waals surface area (Å²) in [5, 5.41) is 13.5. The number of aliphatic hydroxyl groups is 1. The molecule has 14 heavy (non-hydrogen) atoms. The van der Waals surface area contributed by atoms with Gasteiger partial charge >= 0.3 is 0 Å². The van der Waals surface area contributed by atoms with Crippen molar-refractivity contribution in [3.05, 3.63) is 11.6 Å². The van der Waals surface area contributed by atoms with Gasteiger partial charge in [-0.25, -0.2) is 9.67 Å². The van der Waals surface area contributed by atoms with Crippen LogP contribution in [0.1, 0.15) is 36.7 Å². The lowest BCUT2D eigenvalue weighted by molar-refractivity contribution is 0.0476. The Morgan fingerprint density at radius 1 is 1.57 bits per heavy atom. The van der Waals surface area contributed by atoms with Crippen molar-refractivity contribution in [1.82, 2.24) is 14.8 Å². The number of Topliss-reactive ketones (excluding diaryl/α,β-unsaturated/α-hetero) is 1. The van der Waals surface area contributed by atoms with E-state index < -0.39 is 11.4 Å². The van der Waals surface area contributed by atoms with Gasteiger partial charge in [-0.3, -0.25) is 4.79 Å². The topological polar surface area (TPSA) is 68.0 Å². The SMILES string of the molecule is CC(C)(O)C(=O)c1nc2n(n1)CCC2. The molecule has 0 saturated carbocycles. The maximum atomic E-state index is 11.6. The molecule has 2 heterocycles. The van der Waals surface area contributed by atoms with E-state index in [1.807, 2.05) is 0 Å². The zero-order chi connectivity index (χ0) is 10.3. The highest BCUT2D eigenvalue weighted by Crippen LogP contribution is 2.15. The van der Waals surface area contributed by atoms with Gasteiger partial charge in [0, 0.05) is 13.0 Å². The average Bonchev–Trinajstić information content (AvgIpc) is 2.58. The third kappa shape index (κ3) is 1.43. The second-order valence-corrected chi connectivity index (χ2v) is 4.07. The molecule has 0 unspecified atom stereocenters. The summed E-state index contributed by atoms with van der Waals surface area (Å²) in [4.78, 5) is 15.7. The molecule has 0 aliphatic carbocycles. The minimum absolute atomic E-state index is 0.132. The number of hydrogen-bond donors (Lipinski definition) is 1. The first-order valence-corrected chi connectivity index (χ1v) is 4.69. The standard InChI is InChI=1S/C9H13N3O2/c1-9(2,14)7(13)8-10-6-4-3-5-12(6)11-8/h14H,3-5H2,1-2H3. The van der Waals surface area contributed by atoms with Gasteiger partial charge in [0.25, 0.3) is 0 Å². The van der Waals surface area contributed by atoms with Gasteiger partial charge in [-0.1, -0.05) is 0 Å². The van der Waals surface area contributed by atoms with Gasteiger partial charge in [-0.05, 0) is 20.3 Å². The van der Waals surface area contributed by atoms with Crippen molar-refractivity contribution >= 4 is 5.78 Å². The smallest absolute Gasteiger partial charge is 0.232 e. The molecule has 0 saturated heterocycles. The van der Waals surface area contributed by atoms with Crippen LogP contribution in [0.4, 0.5) is 0 Å². The number of hydrogen-bond acceptors (Lipinski definition) is 4. The number of nitrogens with zero attached hydrogens (tertiary/aromatic N) is 3. The number of aromatic nitrogens is 3. The molecule has 0 atom stereocenters. The molecule has 1 aliphatic heterocycles. The first kappa shape index (κ1) is 9.33. The van der Waals surface area contributed by atoms with Gasteiger partial charge in [0.15, 0.2) is 0 Å². The number of ketones is 1. The number of fused-ring (bicyclic) bond motifs is 1. The molecule has 1 aliphatic rings. The van der Waals surface area contributed by atoms with Gasteiger partial charge < -0.3 is 5.11 Å². The number of aryl methyl sites for hydroxylation is 2. The van der Waals surface area contributed by atoms with Crippen LogP contribution in [0.5, 0.6) is 0 Å². The summed E-state index contributed by atoms with van der Waals surface area (Å²) < 4.78 is 1.74. The average molecular weight is 195 g/mol. The van der Waals surface area contributed by atoms with E-state index in [1.165, 1.54) is 13.8 Å². The highest BCUT2D eigenvalue weighted by Gasteiger charge is 2.30. The molecular weight excluding hydrogens is 182 g/mol. The van der Waals surface area contributed by atoms with E-state index >= 15 is 0 Å². The minimum atomic E-state index is -1.39. The van der Waals surface area contributed by atoms with Crippen molar-refractivity contribution in [2.45, 2.75) is 38.8 Å². The molecule has 1 aromatic rings. The minimum Gasteiger partial charge on any atom is -0.382 e. The van der Waals surface area contributed by atoms with Gasteiger partial charge in [0.05, 0.1) is 0 Å². The maximum absolute atomic E-state index is 11.6. The second kappa shape index (κ2) is 2.88. The number of rotatable bonds is 2. The molecule has 0 bridgehead atoms. The fourth-order valence-corrected chi connectivity index (χ4v) is 1.50. The van der Waals surface area contributed by atoms with Crippen LogP contribution < -0.4 is 0 Å². The molecule has 76 valence electrons. The summed E-state index contributed by atoms with van der Waals surface area (Å²) >= 11 is 0. The van der Waals surface area contributed by atoms with E-state index in [9.17, 15) is 9.90 Å². The van der Waals surface area contributed by atoms with Crippen molar-refractivity contribution in [2.24, 2.45) is 0 Å². The van der Waals surface area contributed by atoms with Crippen LogP contribution in [0.2, 0.25) is 0 Å². The quantitative estimate of drug-likeness (QED) is 0.683. The zero-order valence-electron chi connectivity index (χ0n) is 8.32. The predicted octanol–water partition coefficient (Wildman–Crippen LogP) is 0.178. The summed E-state index contributed by atoms with van der Waals surface area (Å²) in [6, 6.07) is 0. The predicted molar refractivity (Wildman–Crippen MR) is 49.0 cm³/mol. The Morgan fingerprint density at radius 3 is 2.86 bits per heavy atom. The third-order valence-corrected chi connectivity index (χ3v) is 2.28. The lowest BCUT2D eigenvalue weighted by Crippen LogP contribution is -2.32. The Morgan fingerprint density at radius 2 is 2.29 bits per heavy atom. The fourth-order valence-electron chi connectivity index (χ4n) is 1.50. The second-order valence-electron chi connectivity index (χ2n) is 4.07. The normalized spacial score (nSPS) is 15.6. The molecule has 0 aromatic carbocycles. The van der Waals surface area contributed by atoms with E-state index in [2.05, 4.69) is 10.1 Å². The Labute approximate surface area is 81.8 Å². The van der Waals surface area contributed by atoms with Crippen molar-refractivity contribution in [3.63, 3.8) is 0 Å². The zero-order valence-corrected chi connectivity index (χ0v) is 8.32. The highest BCUT2D eigenvalue weighted by molar-refractivity contribution is 5.98. The molecular formula is C9H13N3O2. The summed E-state index contributed by atoms with van der Waals surface area (Å²) in [5.74, 6) is 0.559. The van der Waals surface area contributed by atoms with E-state index in [-0.39, 0.29) is 5.82 Å². The molecule has 0 radical (unpaired) electrons. The first-order chi connectivity index (χ1) is 6.48. The molecule has 5 nitrogen and oxygen atoms in total. The van der Waals surface area contributed by atoms with E-state index in [0.29, 0.717) is 0 Å². The molecule has 0 spiro atoms. The maximum Gasteiger partial charge on any atom is 0.232 e. The summed E-state index contributed by atoms with van der Waals surface area (Å²) in [5.41, 5.74) is -1.39. The van der Waals surface area contributed by atoms with Gasteiger partial charge in [0.1, 0.15) is 11.4 Å². The van der Waals surface area contributed by atoms with E-state index in [1.54, 1.807) is 4.68 Å². The van der Waals surface area contributed by atoms with Gasteiger partial charge in [0.2, 0.25) is 11.6 Å². The van der Waals surface area contributed by atoms with Crippen LogP contribution >= 0.6 is 0 Å². The van der Waals surface area contributed by atoms with Gasteiger partial charge in [-0.15, -0.1) is 5.10 Å². The lowest BCUT2D eigenvalue weighted by atomic mass is 10.0. The molecule has 2 rings (SSSR count). The molecule has 1 aromatic heterocycles. The van der Waals surface area contributed by atoms with Crippen molar-refractivity contribution in [2.75, 3.05) is 0 Å². The van der Waals surface area contributed by atoms with Crippen LogP contribution in [0, 0.1) is 0 Å². The first-order valence-electron chi connectivity index (χ1n) is 4.69. The highest BCUT2D eigenvalue weighted by atomic mass is 16.3. The molecule has 5 heteroatoms. The third-order valence-electron chi connectivity index (χ3n) is 2.28. The summed E-state index contributed by atoms with van der Waals surface area (Å²) in [7, 11) is 0. The Balaban J connectivity index is 2.30. The fraction of sp³-hybridized carbons (Fsp3) is 0.667. The molecule has 0 fully saturated rings. The van der Waals surface area contributed by atoms with Gasteiger partial charge in [-0.2, -0.15) is 0 Å². The van der Waals surface area contributed by atoms with Crippen LogP contribution in [-0.4, -0.2) is 31.3 Å². The summed E-state index contributed by atoms with van der Waals surface area (Å²) in [6.45, 7) is 3.71. The Hall–Kier alpha value is -1.23. The van der Waals surface area contributed by atoms with E-state index in [0.717, 1.165) is 25.2 Å². The van der Waals surface area contributed by atoms with E-state index in [4.69, 9.17) is 0 Å². The van der Waals surface area contributed by atoms with Crippen LogP contribution in [-0.2, 0) is 13.0 Å². The number of carbonyl (C=O) groups excluding carboxylic acids is 1. The lowest BCUT2D eigenvalue weighted by Gasteiger charge is -2.12. The van der Waals surface area contributed by atoms with Crippen molar-refractivity contribution < 1.29 is 9.90 Å². The monoisotopic (exact) mass is 195 g/mol. The van der Waals surface area contributed by atoms with Crippen molar-refractivity contribution in [1.29, 1.82) is 0 Å². The molecule has 1 N–H and O–H groups in total.